The summed E-state index contributed by atoms with van der Waals surface area (Å²) in [6.45, 7) is 4.17. The molecule has 2 aromatic rings. The number of hydrogen-bond donors (Lipinski definition) is 0. The van der Waals surface area contributed by atoms with Crippen molar-refractivity contribution < 1.29 is 19.0 Å². The highest BCUT2D eigenvalue weighted by Crippen LogP contribution is 2.28. The van der Waals surface area contributed by atoms with Crippen LogP contribution in [0.1, 0.15) is 34.3 Å². The van der Waals surface area contributed by atoms with E-state index in [1.54, 1.807) is 33.5 Å². The molecular weight excluding hydrogens is 404 g/mol. The van der Waals surface area contributed by atoms with Crippen molar-refractivity contribution in [2.75, 3.05) is 54.6 Å². The number of piperidine rings is 1. The van der Waals surface area contributed by atoms with Crippen LogP contribution in [-0.4, -0.2) is 70.3 Å². The summed E-state index contributed by atoms with van der Waals surface area (Å²) in [4.78, 5) is 17.2. The fourth-order valence-corrected chi connectivity index (χ4v) is 4.24. The monoisotopic (exact) mass is 440 g/mol. The van der Waals surface area contributed by atoms with Crippen LogP contribution < -0.4 is 9.47 Å². The zero-order valence-corrected chi connectivity index (χ0v) is 19.8. The summed E-state index contributed by atoms with van der Waals surface area (Å²) in [5.74, 6) is 1.88. The van der Waals surface area contributed by atoms with Crippen molar-refractivity contribution in [3.63, 3.8) is 0 Å². The molecule has 1 amide bonds. The molecule has 1 heterocycles. The van der Waals surface area contributed by atoms with Crippen LogP contribution in [0.25, 0.3) is 0 Å². The molecule has 0 N–H and O–H groups in total. The molecule has 0 saturated carbocycles. The zero-order valence-electron chi connectivity index (χ0n) is 19.8. The fourth-order valence-electron chi connectivity index (χ4n) is 4.24. The summed E-state index contributed by atoms with van der Waals surface area (Å²) >= 11 is 0. The molecule has 0 bridgehead atoms. The average molecular weight is 441 g/mol. The Kier molecular flexibility index (Phi) is 8.94. The highest BCUT2D eigenvalue weighted by Gasteiger charge is 2.25. The average Bonchev–Trinajstić information content (AvgIpc) is 2.83. The molecule has 32 heavy (non-hydrogen) atoms. The number of likely N-dealkylation sites (tertiary alicyclic amines) is 1. The number of amides is 1. The predicted molar refractivity (Wildman–Crippen MR) is 127 cm³/mol. The molecule has 0 spiro atoms. The normalized spacial score (nSPS) is 14.6. The first-order valence-electron chi connectivity index (χ1n) is 11.3. The van der Waals surface area contributed by atoms with Crippen molar-refractivity contribution in [3.05, 3.63) is 59.2 Å². The van der Waals surface area contributed by atoms with Crippen LogP contribution in [-0.2, 0) is 17.7 Å². The van der Waals surface area contributed by atoms with Gasteiger partial charge >= 0.3 is 0 Å². The molecule has 3 rings (SSSR count). The van der Waals surface area contributed by atoms with E-state index in [2.05, 4.69) is 36.2 Å². The largest absolute Gasteiger partial charge is 0.497 e. The number of rotatable bonds is 10. The van der Waals surface area contributed by atoms with Gasteiger partial charge in [0, 0.05) is 39.4 Å². The lowest BCUT2D eigenvalue weighted by molar-refractivity contribution is 0.0687. The van der Waals surface area contributed by atoms with E-state index in [1.165, 1.54) is 11.1 Å². The molecule has 0 atom stereocenters. The van der Waals surface area contributed by atoms with E-state index in [1.807, 2.05) is 11.0 Å². The summed E-state index contributed by atoms with van der Waals surface area (Å²) in [6, 6.07) is 14.3. The Bertz CT molecular complexity index is 861. The third kappa shape index (κ3) is 6.47. The molecule has 2 aromatic carbocycles. The van der Waals surface area contributed by atoms with Crippen molar-refractivity contribution in [3.8, 4) is 11.5 Å². The predicted octanol–water partition coefficient (Wildman–Crippen LogP) is 3.88. The van der Waals surface area contributed by atoms with Crippen LogP contribution in [0.2, 0.25) is 0 Å². The van der Waals surface area contributed by atoms with Crippen LogP contribution >= 0.6 is 0 Å². The first-order chi connectivity index (χ1) is 15.5. The van der Waals surface area contributed by atoms with E-state index in [0.717, 1.165) is 52.0 Å². The van der Waals surface area contributed by atoms with Gasteiger partial charge in [-0.25, -0.2) is 0 Å². The van der Waals surface area contributed by atoms with Crippen molar-refractivity contribution >= 4 is 5.91 Å². The fraction of sp³-hybridized carbons (Fsp3) is 0.500. The molecular formula is C26H36N2O4. The second-order valence-electron chi connectivity index (χ2n) is 8.55. The highest BCUT2D eigenvalue weighted by atomic mass is 16.5. The molecule has 1 aliphatic rings. The lowest BCUT2D eigenvalue weighted by Crippen LogP contribution is -2.39. The van der Waals surface area contributed by atoms with Crippen molar-refractivity contribution in [1.82, 2.24) is 9.80 Å². The van der Waals surface area contributed by atoms with Gasteiger partial charge in [-0.05, 0) is 55.5 Å². The quantitative estimate of drug-likeness (QED) is 0.561. The summed E-state index contributed by atoms with van der Waals surface area (Å²) in [5, 5.41) is 0. The Balaban J connectivity index is 1.50. The smallest absolute Gasteiger partial charge is 0.257 e. The Morgan fingerprint density at radius 3 is 2.31 bits per heavy atom. The Morgan fingerprint density at radius 2 is 1.69 bits per heavy atom. The number of benzene rings is 2. The van der Waals surface area contributed by atoms with Gasteiger partial charge in [0.25, 0.3) is 5.91 Å². The third-order valence-corrected chi connectivity index (χ3v) is 6.22. The zero-order chi connectivity index (χ0) is 22.9. The summed E-state index contributed by atoms with van der Waals surface area (Å²) < 4.78 is 15.8. The number of hydrogen-bond acceptors (Lipinski definition) is 5. The van der Waals surface area contributed by atoms with E-state index in [-0.39, 0.29) is 5.91 Å². The number of carbonyl (C=O) groups excluding carboxylic acids is 1. The second-order valence-corrected chi connectivity index (χ2v) is 8.55. The minimum atomic E-state index is 0.0323. The summed E-state index contributed by atoms with van der Waals surface area (Å²) in [7, 11) is 7.04. The minimum Gasteiger partial charge on any atom is -0.497 e. The SMILES string of the molecule is COCCN(C)Cc1ccc(CC2CCN(C(=O)c3ccc(OC)cc3OC)CC2)cc1. The summed E-state index contributed by atoms with van der Waals surface area (Å²) in [6.07, 6.45) is 3.10. The van der Waals surface area contributed by atoms with Crippen LogP contribution in [0.3, 0.4) is 0 Å². The van der Waals surface area contributed by atoms with Crippen molar-refractivity contribution in [2.45, 2.75) is 25.8 Å². The molecule has 1 aliphatic heterocycles. The first kappa shape index (κ1) is 24.1. The van der Waals surface area contributed by atoms with Gasteiger partial charge in [-0.2, -0.15) is 0 Å². The van der Waals surface area contributed by atoms with Gasteiger partial charge < -0.3 is 19.1 Å². The number of nitrogens with zero attached hydrogens (tertiary/aromatic N) is 2. The molecule has 6 heteroatoms. The van der Waals surface area contributed by atoms with Crippen molar-refractivity contribution in [1.29, 1.82) is 0 Å². The van der Waals surface area contributed by atoms with Gasteiger partial charge in [0.2, 0.25) is 0 Å². The Labute approximate surface area is 192 Å². The van der Waals surface area contributed by atoms with Gasteiger partial charge in [-0.3, -0.25) is 9.69 Å². The molecule has 0 radical (unpaired) electrons. The van der Waals surface area contributed by atoms with Crippen molar-refractivity contribution in [2.24, 2.45) is 5.92 Å². The molecule has 174 valence electrons. The van der Waals surface area contributed by atoms with Gasteiger partial charge in [-0.15, -0.1) is 0 Å². The maximum Gasteiger partial charge on any atom is 0.257 e. The molecule has 0 aliphatic carbocycles. The first-order valence-corrected chi connectivity index (χ1v) is 11.3. The van der Waals surface area contributed by atoms with Gasteiger partial charge in [-0.1, -0.05) is 24.3 Å². The minimum absolute atomic E-state index is 0.0323. The molecule has 6 nitrogen and oxygen atoms in total. The molecule has 0 aromatic heterocycles. The second kappa shape index (κ2) is 11.9. The maximum absolute atomic E-state index is 13.0. The summed E-state index contributed by atoms with van der Waals surface area (Å²) in [5.41, 5.74) is 3.29. The Hall–Kier alpha value is -2.57. The third-order valence-electron chi connectivity index (χ3n) is 6.22. The van der Waals surface area contributed by atoms with E-state index in [9.17, 15) is 4.79 Å². The van der Waals surface area contributed by atoms with Crippen LogP contribution in [0.15, 0.2) is 42.5 Å². The van der Waals surface area contributed by atoms with E-state index in [4.69, 9.17) is 14.2 Å². The molecule has 1 fully saturated rings. The van der Waals surface area contributed by atoms with Crippen LogP contribution in [0.4, 0.5) is 0 Å². The number of methoxy groups -OCH3 is 3. The topological polar surface area (TPSA) is 51.2 Å². The lowest BCUT2D eigenvalue weighted by atomic mass is 9.89. The Morgan fingerprint density at radius 1 is 1.00 bits per heavy atom. The molecule has 0 unspecified atom stereocenters. The van der Waals surface area contributed by atoms with E-state index < -0.39 is 0 Å². The van der Waals surface area contributed by atoms with Gasteiger partial charge in [0.05, 0.1) is 26.4 Å². The number of carbonyl (C=O) groups is 1. The van der Waals surface area contributed by atoms with E-state index >= 15 is 0 Å². The maximum atomic E-state index is 13.0. The van der Waals surface area contributed by atoms with E-state index in [0.29, 0.717) is 23.0 Å². The van der Waals surface area contributed by atoms with Gasteiger partial charge in [0.15, 0.2) is 0 Å². The lowest BCUT2D eigenvalue weighted by Gasteiger charge is -2.32. The van der Waals surface area contributed by atoms with Gasteiger partial charge in [0.1, 0.15) is 11.5 Å². The number of likely N-dealkylation sites (N-methyl/N-ethyl adjacent to an activating group) is 1. The molecule has 1 saturated heterocycles. The highest BCUT2D eigenvalue weighted by molar-refractivity contribution is 5.97. The standard InChI is InChI=1S/C26H36N2O4/c1-27(15-16-30-2)19-22-7-5-20(6-8-22)17-21-11-13-28(14-12-21)26(29)24-10-9-23(31-3)18-25(24)32-4/h5-10,18,21H,11-17,19H2,1-4H3. The number of ether oxygens (including phenoxy) is 3. The van der Waals surface area contributed by atoms with Crippen LogP contribution in [0.5, 0.6) is 11.5 Å². The van der Waals surface area contributed by atoms with Crippen LogP contribution in [0, 0.1) is 5.92 Å².